The van der Waals surface area contributed by atoms with E-state index in [1.807, 2.05) is 31.2 Å². The van der Waals surface area contributed by atoms with E-state index in [0.29, 0.717) is 19.7 Å². The second-order valence-electron chi connectivity index (χ2n) is 4.28. The molecule has 0 amide bonds. The number of imidazole rings is 1. The van der Waals surface area contributed by atoms with Crippen LogP contribution in [0.5, 0.6) is 0 Å². The van der Waals surface area contributed by atoms with E-state index in [9.17, 15) is 9.59 Å². The van der Waals surface area contributed by atoms with Crippen molar-refractivity contribution in [3.63, 3.8) is 0 Å². The molecule has 1 heterocycles. The van der Waals surface area contributed by atoms with Crippen LogP contribution in [0, 0.1) is 0 Å². The first-order valence-electron chi connectivity index (χ1n) is 6.70. The highest BCUT2D eigenvalue weighted by Gasteiger charge is 2.09. The summed E-state index contributed by atoms with van der Waals surface area (Å²) in [6.07, 6.45) is 3.00. The van der Waals surface area contributed by atoms with Gasteiger partial charge in [-0.3, -0.25) is 9.13 Å². The van der Waals surface area contributed by atoms with Gasteiger partial charge in [0.25, 0.3) is 0 Å². The molecule has 0 N–H and O–H groups in total. The fraction of sp³-hybridized carbons (Fsp3) is 0.333. The van der Waals surface area contributed by atoms with Crippen molar-refractivity contribution < 1.29 is 9.53 Å². The minimum absolute atomic E-state index is 0.0674. The Hall–Kier alpha value is -2.30. The molecule has 0 saturated heterocycles. The molecule has 0 bridgehead atoms. The molecule has 1 aromatic carbocycles. The number of allylic oxidation sites excluding steroid dienone is 1. The fourth-order valence-electron chi connectivity index (χ4n) is 2.20. The molecular formula is C15H18N2O3. The molecule has 0 atom stereocenters. The number of hydrogen-bond acceptors (Lipinski definition) is 3. The van der Waals surface area contributed by atoms with E-state index in [1.165, 1.54) is 6.08 Å². The van der Waals surface area contributed by atoms with Crippen LogP contribution in [-0.4, -0.2) is 21.7 Å². The van der Waals surface area contributed by atoms with E-state index < -0.39 is 0 Å². The van der Waals surface area contributed by atoms with Gasteiger partial charge in [-0.15, -0.1) is 0 Å². The topological polar surface area (TPSA) is 53.2 Å². The molecule has 5 nitrogen and oxygen atoms in total. The number of carbonyl (C=O) groups excluding carboxylic acids is 1. The quantitative estimate of drug-likeness (QED) is 0.618. The largest absolute Gasteiger partial charge is 0.463 e. The zero-order chi connectivity index (χ0) is 14.5. The minimum Gasteiger partial charge on any atom is -0.463 e. The van der Waals surface area contributed by atoms with Gasteiger partial charge in [0.1, 0.15) is 0 Å². The average Bonchev–Trinajstić information content (AvgIpc) is 2.71. The van der Waals surface area contributed by atoms with Crippen molar-refractivity contribution in [1.29, 1.82) is 0 Å². The molecule has 1 aromatic heterocycles. The van der Waals surface area contributed by atoms with E-state index >= 15 is 0 Å². The predicted octanol–water partition coefficient (Wildman–Crippen LogP) is 1.94. The number of fused-ring (bicyclic) bond motifs is 1. The molecule has 106 valence electrons. The van der Waals surface area contributed by atoms with E-state index in [4.69, 9.17) is 4.74 Å². The number of para-hydroxylation sites is 2. The Morgan fingerprint density at radius 1 is 1.20 bits per heavy atom. The maximum Gasteiger partial charge on any atom is 0.330 e. The standard InChI is InChI=1S/C15H18N2O3/c1-3-16-12-8-5-6-9-13(12)17(15(16)19)11-7-10-14(18)20-4-2/h5-10H,3-4,11H2,1-2H3/b10-7+. The second-order valence-corrected chi connectivity index (χ2v) is 4.28. The molecule has 0 spiro atoms. The summed E-state index contributed by atoms with van der Waals surface area (Å²) in [6.45, 7) is 5.01. The summed E-state index contributed by atoms with van der Waals surface area (Å²) in [5.74, 6) is -0.389. The van der Waals surface area contributed by atoms with E-state index in [2.05, 4.69) is 0 Å². The summed E-state index contributed by atoms with van der Waals surface area (Å²) in [5, 5.41) is 0. The van der Waals surface area contributed by atoms with Crippen LogP contribution < -0.4 is 5.69 Å². The van der Waals surface area contributed by atoms with Crippen molar-refractivity contribution in [2.24, 2.45) is 0 Å². The lowest BCUT2D eigenvalue weighted by molar-refractivity contribution is -0.137. The number of nitrogens with zero attached hydrogens (tertiary/aromatic N) is 2. The summed E-state index contributed by atoms with van der Waals surface area (Å²) >= 11 is 0. The molecule has 0 radical (unpaired) electrons. The van der Waals surface area contributed by atoms with Crippen LogP contribution in [0.4, 0.5) is 0 Å². The summed E-state index contributed by atoms with van der Waals surface area (Å²) in [7, 11) is 0. The molecule has 0 aliphatic heterocycles. The van der Waals surface area contributed by atoms with Crippen molar-refractivity contribution in [2.75, 3.05) is 6.61 Å². The van der Waals surface area contributed by atoms with Crippen molar-refractivity contribution in [1.82, 2.24) is 9.13 Å². The van der Waals surface area contributed by atoms with E-state index in [1.54, 1.807) is 22.1 Å². The van der Waals surface area contributed by atoms with Crippen LogP contribution >= 0.6 is 0 Å². The van der Waals surface area contributed by atoms with Crippen LogP contribution in [0.1, 0.15) is 13.8 Å². The molecule has 2 rings (SSSR count). The molecule has 2 aromatic rings. The van der Waals surface area contributed by atoms with E-state index in [0.717, 1.165) is 11.0 Å². The number of hydrogen-bond donors (Lipinski definition) is 0. The Morgan fingerprint density at radius 2 is 1.85 bits per heavy atom. The molecule has 0 saturated carbocycles. The van der Waals surface area contributed by atoms with Gasteiger partial charge in [-0.25, -0.2) is 9.59 Å². The Bertz CT molecular complexity index is 695. The lowest BCUT2D eigenvalue weighted by Crippen LogP contribution is -2.23. The van der Waals surface area contributed by atoms with E-state index in [-0.39, 0.29) is 11.7 Å². The minimum atomic E-state index is -0.389. The number of benzene rings is 1. The van der Waals surface area contributed by atoms with Gasteiger partial charge in [-0.1, -0.05) is 18.2 Å². The normalized spacial score (nSPS) is 11.3. The summed E-state index contributed by atoms with van der Waals surface area (Å²) in [6, 6.07) is 7.63. The van der Waals surface area contributed by atoms with Gasteiger partial charge in [0, 0.05) is 19.2 Å². The van der Waals surface area contributed by atoms with Crippen molar-refractivity contribution in [3.05, 3.63) is 46.9 Å². The molecule has 0 unspecified atom stereocenters. The van der Waals surface area contributed by atoms with Crippen molar-refractivity contribution in [2.45, 2.75) is 26.9 Å². The summed E-state index contributed by atoms with van der Waals surface area (Å²) in [4.78, 5) is 23.5. The molecule has 5 heteroatoms. The van der Waals surface area contributed by atoms with Crippen LogP contribution in [0.3, 0.4) is 0 Å². The van der Waals surface area contributed by atoms with Crippen LogP contribution in [0.15, 0.2) is 41.2 Å². The molecule has 0 aliphatic rings. The number of carbonyl (C=O) groups is 1. The average molecular weight is 274 g/mol. The van der Waals surface area contributed by atoms with Gasteiger partial charge in [-0.2, -0.15) is 0 Å². The third-order valence-electron chi connectivity index (χ3n) is 3.07. The summed E-state index contributed by atoms with van der Waals surface area (Å²) in [5.41, 5.74) is 1.71. The zero-order valence-electron chi connectivity index (χ0n) is 11.7. The smallest absolute Gasteiger partial charge is 0.330 e. The van der Waals surface area contributed by atoms with Gasteiger partial charge in [-0.05, 0) is 26.0 Å². The second kappa shape index (κ2) is 6.23. The lowest BCUT2D eigenvalue weighted by atomic mass is 10.3. The van der Waals surface area contributed by atoms with Crippen LogP contribution in [0.25, 0.3) is 11.0 Å². The third kappa shape index (κ3) is 2.66. The number of esters is 1. The zero-order valence-corrected chi connectivity index (χ0v) is 11.7. The fourth-order valence-corrected chi connectivity index (χ4v) is 2.20. The lowest BCUT2D eigenvalue weighted by Gasteiger charge is -1.98. The molecular weight excluding hydrogens is 256 g/mol. The first-order valence-corrected chi connectivity index (χ1v) is 6.70. The SMILES string of the molecule is CCOC(=O)/C=C/Cn1c(=O)n(CC)c2ccccc21. The first kappa shape index (κ1) is 14.1. The van der Waals surface area contributed by atoms with Crippen LogP contribution in [-0.2, 0) is 22.6 Å². The Morgan fingerprint density at radius 3 is 2.45 bits per heavy atom. The van der Waals surface area contributed by atoms with Crippen LogP contribution in [0.2, 0.25) is 0 Å². The molecule has 0 aliphatic carbocycles. The highest BCUT2D eigenvalue weighted by atomic mass is 16.5. The Kier molecular flexibility index (Phi) is 4.40. The number of ether oxygens (including phenoxy) is 1. The van der Waals surface area contributed by atoms with Gasteiger partial charge < -0.3 is 4.74 Å². The number of rotatable bonds is 5. The number of aromatic nitrogens is 2. The third-order valence-corrected chi connectivity index (χ3v) is 3.07. The summed E-state index contributed by atoms with van der Waals surface area (Å²) < 4.78 is 8.17. The molecule has 0 fully saturated rings. The van der Waals surface area contributed by atoms with Gasteiger partial charge in [0.05, 0.1) is 17.6 Å². The first-order chi connectivity index (χ1) is 9.69. The Balaban J connectivity index is 2.33. The maximum absolute atomic E-state index is 12.3. The van der Waals surface area contributed by atoms with Gasteiger partial charge in [0.2, 0.25) is 0 Å². The van der Waals surface area contributed by atoms with Crippen molar-refractivity contribution in [3.8, 4) is 0 Å². The predicted molar refractivity (Wildman–Crippen MR) is 77.6 cm³/mol. The number of aryl methyl sites for hydroxylation is 1. The monoisotopic (exact) mass is 274 g/mol. The maximum atomic E-state index is 12.3. The Labute approximate surface area is 117 Å². The highest BCUT2D eigenvalue weighted by molar-refractivity contribution is 5.82. The van der Waals surface area contributed by atoms with Gasteiger partial charge in [0.15, 0.2) is 0 Å². The van der Waals surface area contributed by atoms with Gasteiger partial charge >= 0.3 is 11.7 Å². The molecule has 20 heavy (non-hydrogen) atoms. The highest BCUT2D eigenvalue weighted by Crippen LogP contribution is 2.12. The van der Waals surface area contributed by atoms with Crippen molar-refractivity contribution >= 4 is 17.0 Å².